The van der Waals surface area contributed by atoms with Crippen molar-refractivity contribution >= 4 is 18.7 Å². The van der Waals surface area contributed by atoms with E-state index >= 15 is 0 Å². The van der Waals surface area contributed by atoms with Crippen molar-refractivity contribution in [3.8, 4) is 0 Å². The van der Waals surface area contributed by atoms with E-state index < -0.39 is 8.32 Å². The van der Waals surface area contributed by atoms with E-state index in [4.69, 9.17) is 0 Å². The van der Waals surface area contributed by atoms with Crippen LogP contribution < -0.4 is 10.4 Å². The molecule has 2 heteroatoms. The first-order valence-electron chi connectivity index (χ1n) is 9.20. The van der Waals surface area contributed by atoms with Crippen molar-refractivity contribution in [1.82, 2.24) is 0 Å². The van der Waals surface area contributed by atoms with Crippen LogP contribution in [0.15, 0.2) is 66.7 Å². The van der Waals surface area contributed by atoms with Crippen LogP contribution in [-0.2, 0) is 0 Å². The number of rotatable bonds is 5. The Hall–Kier alpha value is -1.64. The summed E-state index contributed by atoms with van der Waals surface area (Å²) in [6, 6.07) is 20.1. The highest BCUT2D eigenvalue weighted by Crippen LogP contribution is 2.31. The zero-order chi connectivity index (χ0) is 19.4. The molecule has 0 bridgehead atoms. The molecule has 0 unspecified atom stereocenters. The van der Waals surface area contributed by atoms with Gasteiger partial charge in [0.05, 0.1) is 0 Å². The second-order valence-electron chi connectivity index (χ2n) is 9.02. The third-order valence-corrected chi connectivity index (χ3v) is 7.42. The molecule has 0 fully saturated rings. The zero-order valence-corrected chi connectivity index (χ0v) is 17.9. The van der Waals surface area contributed by atoms with Gasteiger partial charge in [-0.25, -0.2) is 0 Å². The molecule has 2 aromatic rings. The highest BCUT2D eigenvalue weighted by Gasteiger charge is 2.45. The Morgan fingerprint density at radius 2 is 1.19 bits per heavy atom. The predicted molar refractivity (Wildman–Crippen MR) is 114 cm³/mol. The van der Waals surface area contributed by atoms with Gasteiger partial charge in [-0.15, -0.1) is 0 Å². The SMILES string of the molecule is CC(C)(C)[CH][C]([C]=CC(C)(C)C)[Si](O)(c1ccccc1)c1ccccc1. The third kappa shape index (κ3) is 5.42. The minimum absolute atomic E-state index is 0.000337. The minimum Gasteiger partial charge on any atom is -0.423 e. The molecule has 0 aromatic heterocycles. The van der Waals surface area contributed by atoms with Gasteiger partial charge in [-0.1, -0.05) is 108 Å². The minimum atomic E-state index is -3.12. The van der Waals surface area contributed by atoms with E-state index in [0.717, 1.165) is 15.9 Å². The lowest BCUT2D eigenvalue weighted by Crippen LogP contribution is -2.63. The molecule has 3 radical (unpaired) electrons. The van der Waals surface area contributed by atoms with E-state index in [-0.39, 0.29) is 10.8 Å². The molecule has 137 valence electrons. The number of benzene rings is 2. The van der Waals surface area contributed by atoms with E-state index in [1.807, 2.05) is 60.7 Å². The van der Waals surface area contributed by atoms with E-state index in [9.17, 15) is 4.80 Å². The van der Waals surface area contributed by atoms with Gasteiger partial charge in [-0.3, -0.25) is 0 Å². The van der Waals surface area contributed by atoms with Crippen LogP contribution in [-0.4, -0.2) is 13.1 Å². The van der Waals surface area contributed by atoms with E-state index in [0.29, 0.717) is 0 Å². The number of hydrogen-bond donors (Lipinski definition) is 1. The zero-order valence-electron chi connectivity index (χ0n) is 16.9. The quantitative estimate of drug-likeness (QED) is 0.775. The van der Waals surface area contributed by atoms with Crippen molar-refractivity contribution in [1.29, 1.82) is 0 Å². The summed E-state index contributed by atoms with van der Waals surface area (Å²) < 4.78 is 0. The molecular formula is C24H31OSi. The average molecular weight is 364 g/mol. The molecule has 26 heavy (non-hydrogen) atoms. The van der Waals surface area contributed by atoms with Gasteiger partial charge in [0.1, 0.15) is 0 Å². The van der Waals surface area contributed by atoms with Crippen LogP contribution in [0.4, 0.5) is 0 Å². The van der Waals surface area contributed by atoms with Crippen LogP contribution in [0.3, 0.4) is 0 Å². The first kappa shape index (κ1) is 20.7. The maximum Gasteiger partial charge on any atom is 0.264 e. The molecule has 1 nitrogen and oxygen atoms in total. The van der Waals surface area contributed by atoms with Crippen molar-refractivity contribution in [2.75, 3.05) is 0 Å². The molecule has 2 rings (SSSR count). The highest BCUT2D eigenvalue weighted by atomic mass is 28.4. The largest absolute Gasteiger partial charge is 0.423 e. The van der Waals surface area contributed by atoms with Crippen LogP contribution in [0.1, 0.15) is 41.5 Å². The molecule has 2 aromatic carbocycles. The number of hydrogen-bond acceptors (Lipinski definition) is 1. The fourth-order valence-electron chi connectivity index (χ4n) is 2.81. The predicted octanol–water partition coefficient (Wildman–Crippen LogP) is 4.51. The summed E-state index contributed by atoms with van der Waals surface area (Å²) in [6.45, 7) is 12.9. The van der Waals surface area contributed by atoms with Crippen molar-refractivity contribution in [3.05, 3.63) is 84.8 Å². The Morgan fingerprint density at radius 1 is 0.769 bits per heavy atom. The summed E-state index contributed by atoms with van der Waals surface area (Å²) in [6.07, 6.45) is 7.76. The Labute approximate surface area is 160 Å². The molecule has 0 spiro atoms. The first-order valence-corrected chi connectivity index (χ1v) is 11.1. The van der Waals surface area contributed by atoms with E-state index in [1.54, 1.807) is 0 Å². The van der Waals surface area contributed by atoms with Gasteiger partial charge in [0.15, 0.2) is 0 Å². The van der Waals surface area contributed by atoms with E-state index in [2.05, 4.69) is 60.1 Å². The topological polar surface area (TPSA) is 20.2 Å². The van der Waals surface area contributed by atoms with E-state index in [1.165, 1.54) is 0 Å². The summed E-state index contributed by atoms with van der Waals surface area (Å²) in [4.78, 5) is 12.2. The van der Waals surface area contributed by atoms with Crippen LogP contribution >= 0.6 is 0 Å². The van der Waals surface area contributed by atoms with Crippen molar-refractivity contribution < 1.29 is 4.80 Å². The van der Waals surface area contributed by atoms with Crippen LogP contribution in [0.2, 0.25) is 0 Å². The van der Waals surface area contributed by atoms with Crippen LogP contribution in [0.25, 0.3) is 0 Å². The lowest BCUT2D eigenvalue weighted by molar-refractivity contribution is 0.486. The molecule has 0 saturated heterocycles. The van der Waals surface area contributed by atoms with Gasteiger partial charge in [0.2, 0.25) is 0 Å². The molecule has 0 heterocycles. The van der Waals surface area contributed by atoms with Gasteiger partial charge in [0.25, 0.3) is 8.32 Å². The summed E-state index contributed by atoms with van der Waals surface area (Å²) in [5, 5.41) is 1.97. The maximum atomic E-state index is 12.2. The molecule has 0 aliphatic rings. The first-order chi connectivity index (χ1) is 12.0. The Morgan fingerprint density at radius 3 is 1.54 bits per heavy atom. The van der Waals surface area contributed by atoms with Crippen LogP contribution in [0.5, 0.6) is 0 Å². The molecule has 0 atom stereocenters. The average Bonchev–Trinajstić information content (AvgIpc) is 2.58. The molecule has 0 aliphatic heterocycles. The van der Waals surface area contributed by atoms with Gasteiger partial charge >= 0.3 is 0 Å². The van der Waals surface area contributed by atoms with Crippen LogP contribution in [0, 0.1) is 28.9 Å². The normalized spacial score (nSPS) is 13.5. The summed E-state index contributed by atoms with van der Waals surface area (Å²) in [5.74, 6) is 0. The standard InChI is InChI=1S/C24H31OSi/c1-23(2,3)18-17-22(19-24(4,5)6)26(25,20-13-9-7-10-14-20)21-15-11-8-12-16-21/h7-16,18-19,25H,1-6H3. The Balaban J connectivity index is 2.64. The second-order valence-corrected chi connectivity index (χ2v) is 12.1. The lowest BCUT2D eigenvalue weighted by Gasteiger charge is -2.36. The monoisotopic (exact) mass is 363 g/mol. The van der Waals surface area contributed by atoms with Gasteiger partial charge in [0, 0.05) is 5.54 Å². The number of allylic oxidation sites excluding steroid dienone is 2. The third-order valence-electron chi connectivity index (χ3n) is 4.01. The fraction of sp³-hybridized carbons (Fsp3) is 0.333. The molecule has 0 amide bonds. The summed E-state index contributed by atoms with van der Waals surface area (Å²) in [5.41, 5.74) is 0.857. The van der Waals surface area contributed by atoms with Crippen molar-refractivity contribution in [3.63, 3.8) is 0 Å². The Bertz CT molecular complexity index is 666. The maximum absolute atomic E-state index is 12.2. The fourth-order valence-corrected chi connectivity index (χ4v) is 6.04. The lowest BCUT2D eigenvalue weighted by atomic mass is 9.89. The second kappa shape index (κ2) is 7.94. The van der Waals surface area contributed by atoms with Crippen molar-refractivity contribution in [2.45, 2.75) is 41.5 Å². The highest BCUT2D eigenvalue weighted by molar-refractivity contribution is 7.01. The summed E-state index contributed by atoms with van der Waals surface area (Å²) in [7, 11) is -3.12. The molecule has 1 N–H and O–H groups in total. The molecular weight excluding hydrogens is 332 g/mol. The van der Waals surface area contributed by atoms with Gasteiger partial charge < -0.3 is 4.80 Å². The van der Waals surface area contributed by atoms with Crippen molar-refractivity contribution in [2.24, 2.45) is 10.8 Å². The Kier molecular flexibility index (Phi) is 6.31. The van der Waals surface area contributed by atoms with Gasteiger partial charge in [-0.2, -0.15) is 0 Å². The van der Waals surface area contributed by atoms with Gasteiger partial charge in [-0.05, 0) is 33.7 Å². The molecule has 0 saturated carbocycles. The smallest absolute Gasteiger partial charge is 0.264 e. The summed E-state index contributed by atoms with van der Waals surface area (Å²) >= 11 is 0. The molecule has 0 aliphatic carbocycles.